The third-order valence-electron chi connectivity index (χ3n) is 5.45. The molecule has 0 radical (unpaired) electrons. The first-order chi connectivity index (χ1) is 13.0. The van der Waals surface area contributed by atoms with Crippen molar-refractivity contribution in [1.29, 1.82) is 0 Å². The van der Waals surface area contributed by atoms with Gasteiger partial charge >= 0.3 is 0 Å². The summed E-state index contributed by atoms with van der Waals surface area (Å²) >= 11 is 3.56. The molecule has 0 amide bonds. The molecule has 2 aromatic rings. The molecule has 6 heteroatoms. The first kappa shape index (κ1) is 19.4. The summed E-state index contributed by atoms with van der Waals surface area (Å²) in [7, 11) is 1.81. The minimum Gasteiger partial charge on any atom is -0.378 e. The number of hydrogen-bond acceptors (Lipinski definition) is 6. The molecule has 2 aliphatic heterocycles. The summed E-state index contributed by atoms with van der Waals surface area (Å²) in [6.07, 6.45) is 2.03. The molecule has 4 nitrogen and oxygen atoms in total. The Labute approximate surface area is 169 Å². The Morgan fingerprint density at radius 3 is 2.52 bits per heavy atom. The van der Waals surface area contributed by atoms with Gasteiger partial charge < -0.3 is 18.9 Å². The number of benzene rings is 1. The summed E-state index contributed by atoms with van der Waals surface area (Å²) in [6, 6.07) is 10.7. The van der Waals surface area contributed by atoms with Crippen LogP contribution in [-0.2, 0) is 30.3 Å². The Bertz CT molecular complexity index is 767. The van der Waals surface area contributed by atoms with Crippen molar-refractivity contribution in [1.82, 2.24) is 0 Å². The van der Waals surface area contributed by atoms with Gasteiger partial charge in [-0.2, -0.15) is 0 Å². The van der Waals surface area contributed by atoms with Crippen molar-refractivity contribution >= 4 is 23.1 Å². The van der Waals surface area contributed by atoms with E-state index in [1.165, 1.54) is 14.7 Å². The molecule has 2 fully saturated rings. The van der Waals surface area contributed by atoms with E-state index in [9.17, 15) is 0 Å². The van der Waals surface area contributed by atoms with Crippen molar-refractivity contribution in [3.8, 4) is 0 Å². The topological polar surface area (TPSA) is 36.9 Å². The standard InChI is InChI=1S/C21H26O4S2/c1-15-13-21(22-3,8-9-23-15)17-12-19(26-14-17)27-18-6-4-16(5-7-18)20(2)24-10-11-25-20/h4-7,12,14-15H,8-11,13H2,1-3H3/t15-,21+/m0/s1. The lowest BCUT2D eigenvalue weighted by Gasteiger charge is -2.38. The quantitative estimate of drug-likeness (QED) is 0.686. The van der Waals surface area contributed by atoms with Gasteiger partial charge in [0.05, 0.1) is 35.7 Å². The molecule has 0 saturated carbocycles. The molecule has 2 saturated heterocycles. The Balaban J connectivity index is 1.48. The zero-order valence-corrected chi connectivity index (χ0v) is 17.7. The third-order valence-corrected chi connectivity index (χ3v) is 7.54. The van der Waals surface area contributed by atoms with Gasteiger partial charge in [0, 0.05) is 30.4 Å². The second kappa shape index (κ2) is 7.85. The first-order valence-electron chi connectivity index (χ1n) is 9.35. The molecule has 1 aromatic heterocycles. The average Bonchev–Trinajstić information content (AvgIpc) is 3.32. The smallest absolute Gasteiger partial charge is 0.192 e. The highest BCUT2D eigenvalue weighted by atomic mass is 32.2. The van der Waals surface area contributed by atoms with Gasteiger partial charge in [0.1, 0.15) is 0 Å². The SMILES string of the molecule is CO[C@]1(c2csc(Sc3ccc(C4(C)OCCO4)cc3)c2)CCO[C@@H](C)C1. The van der Waals surface area contributed by atoms with Gasteiger partial charge in [0.15, 0.2) is 5.79 Å². The summed E-state index contributed by atoms with van der Waals surface area (Å²) in [5.74, 6) is -0.607. The van der Waals surface area contributed by atoms with Gasteiger partial charge in [0.2, 0.25) is 0 Å². The highest BCUT2D eigenvalue weighted by Gasteiger charge is 2.38. The van der Waals surface area contributed by atoms with Crippen LogP contribution in [0.4, 0.5) is 0 Å². The Hall–Kier alpha value is -0.890. The van der Waals surface area contributed by atoms with Crippen LogP contribution in [0.2, 0.25) is 0 Å². The molecule has 4 rings (SSSR count). The van der Waals surface area contributed by atoms with E-state index >= 15 is 0 Å². The van der Waals surface area contributed by atoms with Crippen LogP contribution in [0.15, 0.2) is 44.8 Å². The van der Waals surface area contributed by atoms with Crippen molar-refractivity contribution < 1.29 is 18.9 Å². The van der Waals surface area contributed by atoms with Crippen molar-refractivity contribution in [2.75, 3.05) is 26.9 Å². The van der Waals surface area contributed by atoms with Gasteiger partial charge in [-0.15, -0.1) is 11.3 Å². The van der Waals surface area contributed by atoms with Crippen LogP contribution in [0.1, 0.15) is 37.8 Å². The molecule has 2 aliphatic rings. The second-order valence-electron chi connectivity index (χ2n) is 7.26. The molecule has 0 unspecified atom stereocenters. The molecule has 1 aromatic carbocycles. The fourth-order valence-electron chi connectivity index (χ4n) is 3.85. The lowest BCUT2D eigenvalue weighted by molar-refractivity contribution is -0.149. The van der Waals surface area contributed by atoms with E-state index in [1.54, 1.807) is 23.1 Å². The summed E-state index contributed by atoms with van der Waals surface area (Å²) < 4.78 is 24.4. The van der Waals surface area contributed by atoms with Crippen molar-refractivity contribution in [2.45, 2.75) is 53.3 Å². The summed E-state index contributed by atoms with van der Waals surface area (Å²) in [5, 5.41) is 2.24. The predicted molar refractivity (Wildman–Crippen MR) is 107 cm³/mol. The number of methoxy groups -OCH3 is 1. The monoisotopic (exact) mass is 406 g/mol. The van der Waals surface area contributed by atoms with E-state index in [0.29, 0.717) is 13.2 Å². The second-order valence-corrected chi connectivity index (χ2v) is 9.54. The summed E-state index contributed by atoms with van der Waals surface area (Å²) in [4.78, 5) is 1.21. The van der Waals surface area contributed by atoms with Crippen LogP contribution in [0.25, 0.3) is 0 Å². The number of thiophene rings is 1. The largest absolute Gasteiger partial charge is 0.378 e. The molecular weight excluding hydrogens is 380 g/mol. The van der Waals surface area contributed by atoms with Gasteiger partial charge in [0.25, 0.3) is 0 Å². The number of ether oxygens (including phenoxy) is 4. The minimum absolute atomic E-state index is 0.220. The van der Waals surface area contributed by atoms with Crippen LogP contribution >= 0.6 is 23.1 Å². The minimum atomic E-state index is -0.607. The van der Waals surface area contributed by atoms with Crippen LogP contribution in [0.5, 0.6) is 0 Å². The fourth-order valence-corrected chi connectivity index (χ4v) is 5.88. The van der Waals surface area contributed by atoms with E-state index in [0.717, 1.165) is 25.0 Å². The van der Waals surface area contributed by atoms with Gasteiger partial charge in [-0.05, 0) is 43.0 Å². The van der Waals surface area contributed by atoms with Crippen LogP contribution in [0.3, 0.4) is 0 Å². The normalized spacial score (nSPS) is 27.7. The summed E-state index contributed by atoms with van der Waals surface area (Å²) in [5.41, 5.74) is 2.11. The van der Waals surface area contributed by atoms with Gasteiger partial charge in [-0.25, -0.2) is 0 Å². The lowest BCUT2D eigenvalue weighted by atomic mass is 9.85. The third kappa shape index (κ3) is 3.97. The molecular formula is C21H26O4S2. The maximum atomic E-state index is 5.97. The highest BCUT2D eigenvalue weighted by molar-refractivity contribution is 8.01. The zero-order valence-electron chi connectivity index (χ0n) is 16.0. The zero-order chi connectivity index (χ0) is 18.9. The Morgan fingerprint density at radius 1 is 1.11 bits per heavy atom. The molecule has 3 heterocycles. The van der Waals surface area contributed by atoms with Crippen molar-refractivity contribution in [3.63, 3.8) is 0 Å². The van der Waals surface area contributed by atoms with Gasteiger partial charge in [-0.3, -0.25) is 0 Å². The molecule has 0 bridgehead atoms. The fraction of sp³-hybridized carbons (Fsp3) is 0.524. The molecule has 146 valence electrons. The van der Waals surface area contributed by atoms with E-state index in [-0.39, 0.29) is 11.7 Å². The van der Waals surface area contributed by atoms with Gasteiger partial charge in [-0.1, -0.05) is 23.9 Å². The molecule has 0 N–H and O–H groups in total. The molecule has 2 atom stereocenters. The van der Waals surface area contributed by atoms with E-state index in [2.05, 4.69) is 42.6 Å². The van der Waals surface area contributed by atoms with Crippen LogP contribution < -0.4 is 0 Å². The van der Waals surface area contributed by atoms with Crippen molar-refractivity contribution in [3.05, 3.63) is 46.8 Å². The maximum Gasteiger partial charge on any atom is 0.192 e. The van der Waals surface area contributed by atoms with Crippen LogP contribution in [0, 0.1) is 0 Å². The highest BCUT2D eigenvalue weighted by Crippen LogP contribution is 2.43. The predicted octanol–water partition coefficient (Wildman–Crippen LogP) is 5.16. The first-order valence-corrected chi connectivity index (χ1v) is 11.0. The average molecular weight is 407 g/mol. The maximum absolute atomic E-state index is 5.97. The van der Waals surface area contributed by atoms with Crippen molar-refractivity contribution in [2.24, 2.45) is 0 Å². The number of hydrogen-bond donors (Lipinski definition) is 0. The lowest BCUT2D eigenvalue weighted by Crippen LogP contribution is -2.38. The Morgan fingerprint density at radius 2 is 1.85 bits per heavy atom. The van der Waals surface area contributed by atoms with Crippen LogP contribution in [-0.4, -0.2) is 33.0 Å². The summed E-state index contributed by atoms with van der Waals surface area (Å²) in [6.45, 7) is 6.14. The molecule has 0 aliphatic carbocycles. The van der Waals surface area contributed by atoms with E-state index < -0.39 is 5.79 Å². The molecule has 0 spiro atoms. The van der Waals surface area contributed by atoms with E-state index in [1.807, 2.05) is 14.0 Å². The van der Waals surface area contributed by atoms with E-state index in [4.69, 9.17) is 18.9 Å². The Kier molecular flexibility index (Phi) is 5.65. The molecule has 27 heavy (non-hydrogen) atoms. The number of rotatable bonds is 5.